The Labute approximate surface area is 297 Å². The van der Waals surface area contributed by atoms with Crippen molar-refractivity contribution in [2.24, 2.45) is 0 Å². The number of pyridine rings is 1. The van der Waals surface area contributed by atoms with Gasteiger partial charge in [0.05, 0.1) is 39.6 Å². The van der Waals surface area contributed by atoms with Gasteiger partial charge in [0, 0.05) is 24.0 Å². The number of hydrogen-bond acceptors (Lipinski definition) is 8. The van der Waals surface area contributed by atoms with Gasteiger partial charge in [0.15, 0.2) is 0 Å². The molecule has 270 valence electrons. The van der Waals surface area contributed by atoms with Crippen LogP contribution >= 0.6 is 0 Å². The summed E-state index contributed by atoms with van der Waals surface area (Å²) < 4.78 is 29.9. The number of anilines is 1. The van der Waals surface area contributed by atoms with Gasteiger partial charge in [-0.1, -0.05) is 12.1 Å². The summed E-state index contributed by atoms with van der Waals surface area (Å²) in [5, 5.41) is 12.1. The second kappa shape index (κ2) is 17.1. The number of benzene rings is 3. The first-order chi connectivity index (χ1) is 24.5. The highest BCUT2D eigenvalue weighted by Gasteiger charge is 2.28. The summed E-state index contributed by atoms with van der Waals surface area (Å²) in [7, 11) is 1.64. The van der Waals surface area contributed by atoms with Crippen molar-refractivity contribution in [2.45, 2.75) is 45.2 Å². The zero-order valence-corrected chi connectivity index (χ0v) is 29.4. The maximum atomic E-state index is 13.4. The Morgan fingerprint density at radius 2 is 1.51 bits per heavy atom. The summed E-state index contributed by atoms with van der Waals surface area (Å²) in [6.07, 6.45) is 2.31. The second-order valence-corrected chi connectivity index (χ2v) is 12.9. The zero-order valence-electron chi connectivity index (χ0n) is 29.4. The van der Waals surface area contributed by atoms with Crippen molar-refractivity contribution in [2.75, 3.05) is 52.0 Å². The van der Waals surface area contributed by atoms with Gasteiger partial charge in [-0.25, -0.2) is 4.79 Å². The number of fused-ring (bicyclic) bond motifs is 1. The molecule has 4 aromatic rings. The van der Waals surface area contributed by atoms with Gasteiger partial charge in [0.1, 0.15) is 35.2 Å². The van der Waals surface area contributed by atoms with E-state index in [2.05, 4.69) is 5.32 Å². The Hall–Kier alpha value is -5.33. The number of carbonyl (C=O) groups excluding carboxylic acids is 1. The Balaban J connectivity index is 1.04. The highest BCUT2D eigenvalue weighted by molar-refractivity contribution is 6.04. The molecule has 1 unspecified atom stereocenters. The van der Waals surface area contributed by atoms with Crippen LogP contribution in [-0.4, -0.2) is 78.8 Å². The van der Waals surface area contributed by atoms with E-state index in [1.165, 1.54) is 4.90 Å². The third-order valence-electron chi connectivity index (χ3n) is 8.51. The molecule has 0 fully saturated rings. The monoisotopic (exact) mass is 699 g/mol. The van der Waals surface area contributed by atoms with Crippen LogP contribution < -0.4 is 25.1 Å². The summed E-state index contributed by atoms with van der Waals surface area (Å²) in [5.74, 6) is 2.17. The molecule has 1 heterocycles. The topological polar surface area (TPSA) is 138 Å². The quantitative estimate of drug-likeness (QED) is 0.124. The van der Waals surface area contributed by atoms with Crippen LogP contribution in [0.3, 0.4) is 0 Å². The van der Waals surface area contributed by atoms with E-state index in [4.69, 9.17) is 23.7 Å². The van der Waals surface area contributed by atoms with Crippen LogP contribution in [0.15, 0.2) is 89.9 Å². The number of methoxy groups -OCH3 is 1. The third-order valence-corrected chi connectivity index (χ3v) is 8.51. The van der Waals surface area contributed by atoms with Crippen LogP contribution in [-0.2, 0) is 15.9 Å². The lowest BCUT2D eigenvalue weighted by Crippen LogP contribution is -2.46. The van der Waals surface area contributed by atoms with Gasteiger partial charge < -0.3 is 43.6 Å². The van der Waals surface area contributed by atoms with Gasteiger partial charge >= 0.3 is 6.09 Å². The fraction of sp³-hybridized carbons (Fsp3) is 0.359. The minimum atomic E-state index is -0.970. The standard InChI is InChI=1S/C39H45N3O9/c1-39(2,3)42(38(45)46)21-22-48-23-24-49-25-26-50-28-14-16-30(17-15-28)51-29-12-10-27(11-13-29)40-36(43)33-8-6-20-41(37(33)44)34-19-18-32-31(34)7-5-9-35(32)47-4/h5-17,20,34H,18-19,21-26H2,1-4H3,(H,40,43)(H,45,46). The van der Waals surface area contributed by atoms with Crippen LogP contribution in [0.5, 0.6) is 23.0 Å². The largest absolute Gasteiger partial charge is 0.496 e. The number of carboxylic acid groups (broad SMARTS) is 1. The van der Waals surface area contributed by atoms with E-state index in [1.54, 1.807) is 78.5 Å². The number of carbonyl (C=O) groups is 2. The number of nitrogens with zero attached hydrogens (tertiary/aromatic N) is 2. The zero-order chi connectivity index (χ0) is 36.4. The molecule has 0 radical (unpaired) electrons. The maximum Gasteiger partial charge on any atom is 0.407 e. The van der Waals surface area contributed by atoms with E-state index in [0.717, 1.165) is 29.7 Å². The van der Waals surface area contributed by atoms with E-state index in [9.17, 15) is 19.5 Å². The summed E-state index contributed by atoms with van der Waals surface area (Å²) in [6.45, 7) is 7.57. The Morgan fingerprint density at radius 1 is 0.863 bits per heavy atom. The number of hydrogen-bond donors (Lipinski definition) is 2. The van der Waals surface area contributed by atoms with E-state index in [-0.39, 0.29) is 17.2 Å². The van der Waals surface area contributed by atoms with E-state index in [0.29, 0.717) is 62.5 Å². The summed E-state index contributed by atoms with van der Waals surface area (Å²) in [6, 6.07) is 23.0. The van der Waals surface area contributed by atoms with Gasteiger partial charge in [-0.3, -0.25) is 9.59 Å². The minimum Gasteiger partial charge on any atom is -0.496 e. The van der Waals surface area contributed by atoms with Crippen molar-refractivity contribution in [3.8, 4) is 23.0 Å². The lowest BCUT2D eigenvalue weighted by atomic mass is 10.1. The van der Waals surface area contributed by atoms with E-state index >= 15 is 0 Å². The van der Waals surface area contributed by atoms with Gasteiger partial charge in [0.25, 0.3) is 11.5 Å². The number of aromatic nitrogens is 1. The van der Waals surface area contributed by atoms with Crippen molar-refractivity contribution < 1.29 is 38.4 Å². The molecule has 3 aromatic carbocycles. The predicted molar refractivity (Wildman–Crippen MR) is 193 cm³/mol. The van der Waals surface area contributed by atoms with E-state index < -0.39 is 17.5 Å². The molecule has 0 aliphatic heterocycles. The minimum absolute atomic E-state index is 0.0647. The molecule has 1 aliphatic rings. The van der Waals surface area contributed by atoms with Crippen LogP contribution in [0.25, 0.3) is 0 Å². The van der Waals surface area contributed by atoms with Crippen LogP contribution in [0, 0.1) is 0 Å². The first-order valence-electron chi connectivity index (χ1n) is 16.9. The average Bonchev–Trinajstić information content (AvgIpc) is 3.54. The number of amides is 2. The van der Waals surface area contributed by atoms with Crippen molar-refractivity contribution in [1.82, 2.24) is 9.47 Å². The number of nitrogens with one attached hydrogen (secondary N) is 1. The molecule has 0 bridgehead atoms. The molecule has 0 saturated heterocycles. The summed E-state index contributed by atoms with van der Waals surface area (Å²) >= 11 is 0. The van der Waals surface area contributed by atoms with Crippen molar-refractivity contribution in [1.29, 1.82) is 0 Å². The number of rotatable bonds is 16. The second-order valence-electron chi connectivity index (χ2n) is 12.9. The molecule has 51 heavy (non-hydrogen) atoms. The molecule has 0 saturated carbocycles. The highest BCUT2D eigenvalue weighted by atomic mass is 16.5. The smallest absolute Gasteiger partial charge is 0.407 e. The van der Waals surface area contributed by atoms with Gasteiger partial charge in [-0.15, -0.1) is 0 Å². The number of ether oxygens (including phenoxy) is 5. The lowest BCUT2D eigenvalue weighted by Gasteiger charge is -2.32. The Morgan fingerprint density at radius 3 is 2.18 bits per heavy atom. The Bertz CT molecular complexity index is 1830. The molecule has 2 amide bonds. The molecule has 1 aromatic heterocycles. The van der Waals surface area contributed by atoms with Crippen LogP contribution in [0.1, 0.15) is 54.7 Å². The molecular weight excluding hydrogens is 654 g/mol. The third kappa shape index (κ3) is 9.68. The fourth-order valence-electron chi connectivity index (χ4n) is 5.97. The average molecular weight is 700 g/mol. The van der Waals surface area contributed by atoms with Crippen molar-refractivity contribution in [3.63, 3.8) is 0 Å². The summed E-state index contributed by atoms with van der Waals surface area (Å²) in [4.78, 5) is 39.3. The summed E-state index contributed by atoms with van der Waals surface area (Å²) in [5.41, 5.74) is 1.90. The molecule has 12 nitrogen and oxygen atoms in total. The molecule has 5 rings (SSSR count). The van der Waals surface area contributed by atoms with Gasteiger partial charge in [-0.2, -0.15) is 0 Å². The first-order valence-corrected chi connectivity index (χ1v) is 16.9. The molecular formula is C39H45N3O9. The van der Waals surface area contributed by atoms with Gasteiger partial charge in [0.2, 0.25) is 0 Å². The molecule has 0 spiro atoms. The molecule has 12 heteroatoms. The Kier molecular flexibility index (Phi) is 12.4. The highest BCUT2D eigenvalue weighted by Crippen LogP contribution is 2.38. The fourth-order valence-corrected chi connectivity index (χ4v) is 5.97. The van der Waals surface area contributed by atoms with Crippen LogP contribution in [0.2, 0.25) is 0 Å². The van der Waals surface area contributed by atoms with Crippen molar-refractivity contribution in [3.05, 3.63) is 112 Å². The normalized spacial score (nSPS) is 13.7. The molecule has 1 atom stereocenters. The molecule has 1 aliphatic carbocycles. The van der Waals surface area contributed by atoms with Gasteiger partial charge in [-0.05, 0) is 111 Å². The van der Waals surface area contributed by atoms with Crippen LogP contribution in [0.4, 0.5) is 10.5 Å². The molecule has 2 N–H and O–H groups in total. The first kappa shape index (κ1) is 36.9. The SMILES string of the molecule is COc1cccc2c1CCC2n1cccc(C(=O)Nc2ccc(Oc3ccc(OCCOCCOCCN(C(=O)O)C(C)(C)C)cc3)cc2)c1=O. The van der Waals surface area contributed by atoms with E-state index in [1.807, 2.05) is 39.0 Å². The maximum absolute atomic E-state index is 13.4. The van der Waals surface area contributed by atoms with Crippen molar-refractivity contribution >= 4 is 17.7 Å². The predicted octanol–water partition coefficient (Wildman–Crippen LogP) is 6.63. The lowest BCUT2D eigenvalue weighted by molar-refractivity contribution is 0.0209.